The van der Waals surface area contributed by atoms with Gasteiger partial charge in [0.05, 0.1) is 10.9 Å². The number of nitrogens with zero attached hydrogens (tertiary/aromatic N) is 1. The second-order valence-electron chi connectivity index (χ2n) is 5.27. The van der Waals surface area contributed by atoms with E-state index in [2.05, 4.69) is 4.98 Å². The van der Waals surface area contributed by atoms with Gasteiger partial charge in [0.2, 0.25) is 11.8 Å². The van der Waals surface area contributed by atoms with Crippen LogP contribution in [0.15, 0.2) is 60.3 Å². The van der Waals surface area contributed by atoms with Crippen molar-refractivity contribution in [3.8, 4) is 0 Å². The fourth-order valence-corrected chi connectivity index (χ4v) is 2.83. The number of primary amides is 2. The van der Waals surface area contributed by atoms with Crippen molar-refractivity contribution in [3.63, 3.8) is 0 Å². The summed E-state index contributed by atoms with van der Waals surface area (Å²) in [6, 6.07) is 9.31. The largest absolute Gasteiger partial charge is 0.369 e. The van der Waals surface area contributed by atoms with Gasteiger partial charge in [-0.2, -0.15) is 0 Å². The Morgan fingerprint density at radius 3 is 2.59 bits per heavy atom. The topological polar surface area (TPSA) is 99.1 Å². The minimum atomic E-state index is -0.999. The number of pyridine rings is 1. The lowest BCUT2D eigenvalue weighted by Gasteiger charge is -2.30. The van der Waals surface area contributed by atoms with E-state index in [1.807, 2.05) is 30.3 Å². The summed E-state index contributed by atoms with van der Waals surface area (Å²) < 4.78 is 0. The van der Waals surface area contributed by atoms with Crippen LogP contribution in [0.3, 0.4) is 0 Å². The van der Waals surface area contributed by atoms with Crippen molar-refractivity contribution < 1.29 is 9.59 Å². The molecule has 4 N–H and O–H groups in total. The second-order valence-corrected chi connectivity index (χ2v) is 5.27. The first kappa shape index (κ1) is 14.0. The molecular formula is C17H15N3O2. The van der Waals surface area contributed by atoms with Crippen molar-refractivity contribution in [2.75, 3.05) is 0 Å². The number of carbonyl (C=O) groups excluding carboxylic acids is 2. The van der Waals surface area contributed by atoms with E-state index < -0.39 is 17.2 Å². The molecule has 1 aromatic heterocycles. The van der Waals surface area contributed by atoms with E-state index in [4.69, 9.17) is 11.5 Å². The van der Waals surface area contributed by atoms with Crippen LogP contribution in [-0.4, -0.2) is 16.8 Å². The highest BCUT2D eigenvalue weighted by Crippen LogP contribution is 2.37. The third-order valence-corrected chi connectivity index (χ3v) is 4.04. The van der Waals surface area contributed by atoms with Crippen LogP contribution in [0.25, 0.3) is 10.9 Å². The molecule has 2 amide bonds. The first-order valence-electron chi connectivity index (χ1n) is 6.88. The predicted molar refractivity (Wildman–Crippen MR) is 83.6 cm³/mol. The molecule has 110 valence electrons. The maximum absolute atomic E-state index is 12.2. The normalized spacial score (nSPS) is 20.6. The Labute approximate surface area is 127 Å². The lowest BCUT2D eigenvalue weighted by molar-refractivity contribution is -0.122. The molecule has 0 aliphatic heterocycles. The molecule has 1 heterocycles. The highest BCUT2D eigenvalue weighted by molar-refractivity contribution is 5.99. The molecule has 5 heteroatoms. The third kappa shape index (κ3) is 2.07. The van der Waals surface area contributed by atoms with Gasteiger partial charge in [0, 0.05) is 17.2 Å². The molecule has 0 saturated heterocycles. The van der Waals surface area contributed by atoms with E-state index in [0.717, 1.165) is 16.5 Å². The lowest BCUT2D eigenvalue weighted by atomic mass is 9.72. The van der Waals surface area contributed by atoms with Crippen LogP contribution in [-0.2, 0) is 15.0 Å². The molecule has 0 radical (unpaired) electrons. The van der Waals surface area contributed by atoms with Gasteiger partial charge in [-0.25, -0.2) is 0 Å². The van der Waals surface area contributed by atoms with Crippen molar-refractivity contribution >= 4 is 22.7 Å². The predicted octanol–water partition coefficient (Wildman–Crippen LogP) is 1.33. The van der Waals surface area contributed by atoms with E-state index in [9.17, 15) is 9.59 Å². The minimum absolute atomic E-state index is 0.297. The molecule has 0 spiro atoms. The molecule has 1 aromatic carbocycles. The van der Waals surface area contributed by atoms with Gasteiger partial charge in [0.15, 0.2) is 0 Å². The maximum atomic E-state index is 12.2. The summed E-state index contributed by atoms with van der Waals surface area (Å²) in [5.74, 6) is -0.992. The molecule has 3 rings (SSSR count). The molecule has 22 heavy (non-hydrogen) atoms. The van der Waals surface area contributed by atoms with Gasteiger partial charge in [-0.15, -0.1) is 0 Å². The van der Waals surface area contributed by atoms with Gasteiger partial charge < -0.3 is 11.5 Å². The van der Waals surface area contributed by atoms with Gasteiger partial charge in [-0.3, -0.25) is 14.6 Å². The van der Waals surface area contributed by atoms with Gasteiger partial charge in [-0.05, 0) is 24.1 Å². The Morgan fingerprint density at radius 1 is 1.14 bits per heavy atom. The number of hydrogen-bond acceptors (Lipinski definition) is 3. The SMILES string of the molecule is NC(=O)C1=CCC(C(N)=O)(c2cccc3ncccc23)C=C1. The number of aromatic nitrogens is 1. The molecule has 1 aliphatic rings. The average Bonchev–Trinajstić information content (AvgIpc) is 2.54. The maximum Gasteiger partial charge on any atom is 0.248 e. The number of carbonyl (C=O) groups is 2. The van der Waals surface area contributed by atoms with Gasteiger partial charge in [0.1, 0.15) is 0 Å². The van der Waals surface area contributed by atoms with E-state index in [0.29, 0.717) is 12.0 Å². The van der Waals surface area contributed by atoms with Crippen molar-refractivity contribution in [2.45, 2.75) is 11.8 Å². The highest BCUT2D eigenvalue weighted by atomic mass is 16.1. The van der Waals surface area contributed by atoms with Crippen molar-refractivity contribution in [1.29, 1.82) is 0 Å². The first-order chi connectivity index (χ1) is 10.5. The Morgan fingerprint density at radius 2 is 1.95 bits per heavy atom. The lowest BCUT2D eigenvalue weighted by Crippen LogP contribution is -2.40. The molecule has 1 aliphatic carbocycles. The Bertz CT molecular complexity index is 833. The fourth-order valence-electron chi connectivity index (χ4n) is 2.83. The van der Waals surface area contributed by atoms with E-state index in [-0.39, 0.29) is 0 Å². The number of hydrogen-bond donors (Lipinski definition) is 2. The zero-order valence-corrected chi connectivity index (χ0v) is 11.8. The monoisotopic (exact) mass is 293 g/mol. The van der Waals surface area contributed by atoms with Crippen LogP contribution in [0, 0.1) is 0 Å². The molecule has 1 unspecified atom stereocenters. The Balaban J connectivity index is 2.20. The summed E-state index contributed by atoms with van der Waals surface area (Å²) in [7, 11) is 0. The standard InChI is InChI=1S/C17H15N3O2/c18-15(21)11-6-8-17(9-7-11,16(19)22)13-4-1-5-14-12(13)3-2-10-20-14/h1-8,10H,9H2,(H2,18,21)(H2,19,22). The number of nitrogens with two attached hydrogens (primary N) is 2. The number of rotatable bonds is 3. The Hall–Kier alpha value is -2.95. The van der Waals surface area contributed by atoms with Crippen LogP contribution >= 0.6 is 0 Å². The van der Waals surface area contributed by atoms with Gasteiger partial charge >= 0.3 is 0 Å². The summed E-state index contributed by atoms with van der Waals surface area (Å²) in [4.78, 5) is 27.8. The molecular weight excluding hydrogens is 278 g/mol. The first-order valence-corrected chi connectivity index (χ1v) is 6.88. The van der Waals surface area contributed by atoms with Crippen molar-refractivity contribution in [1.82, 2.24) is 4.98 Å². The van der Waals surface area contributed by atoms with E-state index in [1.54, 1.807) is 24.4 Å². The van der Waals surface area contributed by atoms with Crippen molar-refractivity contribution in [3.05, 3.63) is 65.9 Å². The Kier molecular flexibility index (Phi) is 3.25. The van der Waals surface area contributed by atoms with E-state index in [1.165, 1.54) is 0 Å². The quantitative estimate of drug-likeness (QED) is 0.893. The third-order valence-electron chi connectivity index (χ3n) is 4.04. The average molecular weight is 293 g/mol. The minimum Gasteiger partial charge on any atom is -0.369 e. The van der Waals surface area contributed by atoms with Crippen LogP contribution < -0.4 is 11.5 Å². The molecule has 2 aromatic rings. The number of allylic oxidation sites excluding steroid dienone is 1. The summed E-state index contributed by atoms with van der Waals surface area (Å²) >= 11 is 0. The molecule has 0 bridgehead atoms. The smallest absolute Gasteiger partial charge is 0.248 e. The molecule has 0 fully saturated rings. The van der Waals surface area contributed by atoms with Crippen LogP contribution in [0.2, 0.25) is 0 Å². The van der Waals surface area contributed by atoms with Gasteiger partial charge in [0.25, 0.3) is 0 Å². The van der Waals surface area contributed by atoms with Crippen molar-refractivity contribution in [2.24, 2.45) is 11.5 Å². The molecule has 1 atom stereocenters. The van der Waals surface area contributed by atoms with Crippen LogP contribution in [0.5, 0.6) is 0 Å². The summed E-state index contributed by atoms with van der Waals surface area (Å²) in [6.45, 7) is 0. The zero-order chi connectivity index (χ0) is 15.7. The zero-order valence-electron chi connectivity index (χ0n) is 11.8. The number of benzene rings is 1. The number of fused-ring (bicyclic) bond motifs is 1. The van der Waals surface area contributed by atoms with Gasteiger partial charge in [-0.1, -0.05) is 36.4 Å². The molecule has 0 saturated carbocycles. The van der Waals surface area contributed by atoms with Crippen LogP contribution in [0.1, 0.15) is 12.0 Å². The van der Waals surface area contributed by atoms with Crippen LogP contribution in [0.4, 0.5) is 0 Å². The van der Waals surface area contributed by atoms with E-state index >= 15 is 0 Å². The summed E-state index contributed by atoms with van der Waals surface area (Å²) in [5, 5.41) is 0.865. The molecule has 5 nitrogen and oxygen atoms in total. The summed E-state index contributed by atoms with van der Waals surface area (Å²) in [6.07, 6.45) is 6.88. The number of amides is 2. The summed E-state index contributed by atoms with van der Waals surface area (Å²) in [5.41, 5.74) is 11.9. The highest BCUT2D eigenvalue weighted by Gasteiger charge is 2.38. The second kappa shape index (κ2) is 5.11. The fraction of sp³-hybridized carbons (Fsp3) is 0.118.